The molecule has 0 bridgehead atoms. The van der Waals surface area contributed by atoms with E-state index >= 15 is 0 Å². The van der Waals surface area contributed by atoms with Gasteiger partial charge in [-0.2, -0.15) is 0 Å². The van der Waals surface area contributed by atoms with Crippen LogP contribution in [-0.4, -0.2) is 21.8 Å². The van der Waals surface area contributed by atoms with Crippen molar-refractivity contribution in [2.45, 2.75) is 31.3 Å². The van der Waals surface area contributed by atoms with Crippen molar-refractivity contribution in [2.24, 2.45) is 0 Å². The van der Waals surface area contributed by atoms with Gasteiger partial charge >= 0.3 is 6.03 Å². The molecular weight excluding hydrogens is 334 g/mol. The van der Waals surface area contributed by atoms with E-state index in [1.54, 1.807) is 23.5 Å². The summed E-state index contributed by atoms with van der Waals surface area (Å²) in [5.41, 5.74) is 0.701. The number of nitrogens with zero attached hydrogens (tertiary/aromatic N) is 2. The molecule has 1 aliphatic carbocycles. The molecule has 0 aromatic carbocycles. The second-order valence-electron chi connectivity index (χ2n) is 5.81. The Kier molecular flexibility index (Phi) is 3.39. The number of pyridine rings is 1. The quantitative estimate of drug-likeness (QED) is 0.849. The number of aryl methyl sites for hydroxylation is 1. The van der Waals surface area contributed by atoms with Crippen LogP contribution in [-0.2, 0) is 23.3 Å². The van der Waals surface area contributed by atoms with Crippen LogP contribution in [0.25, 0.3) is 0 Å². The summed E-state index contributed by atoms with van der Waals surface area (Å²) in [7, 11) is 0. The van der Waals surface area contributed by atoms with Gasteiger partial charge < -0.3 is 5.32 Å². The van der Waals surface area contributed by atoms with Gasteiger partial charge in [-0.15, -0.1) is 11.3 Å². The Morgan fingerprint density at radius 2 is 2.22 bits per heavy atom. The lowest BCUT2D eigenvalue weighted by Gasteiger charge is -2.31. The van der Waals surface area contributed by atoms with Crippen molar-refractivity contribution in [1.29, 1.82) is 0 Å². The van der Waals surface area contributed by atoms with Crippen molar-refractivity contribution in [2.75, 3.05) is 0 Å². The van der Waals surface area contributed by atoms with Crippen molar-refractivity contribution in [3.05, 3.63) is 50.9 Å². The normalized spacial score (nSPS) is 23.3. The number of halogens is 1. The Bertz CT molecular complexity index is 789. The van der Waals surface area contributed by atoms with Crippen LogP contribution in [0.1, 0.15) is 29.0 Å². The Hall–Kier alpha value is -1.92. The molecule has 1 spiro atoms. The number of nitrogens with one attached hydrogen (secondary N) is 1. The van der Waals surface area contributed by atoms with E-state index in [9.17, 15) is 9.59 Å². The van der Waals surface area contributed by atoms with E-state index in [1.165, 1.54) is 16.0 Å². The van der Waals surface area contributed by atoms with Crippen LogP contribution in [0, 0.1) is 0 Å². The van der Waals surface area contributed by atoms with Gasteiger partial charge in [-0.1, -0.05) is 11.6 Å². The zero-order valence-electron chi connectivity index (χ0n) is 12.2. The molecule has 23 heavy (non-hydrogen) atoms. The first kappa shape index (κ1) is 14.7. The molecule has 5 nitrogen and oxygen atoms in total. The zero-order chi connectivity index (χ0) is 16.0. The second-order valence-corrected chi connectivity index (χ2v) is 7.24. The maximum absolute atomic E-state index is 13.0. The minimum atomic E-state index is -0.892. The van der Waals surface area contributed by atoms with Gasteiger partial charge in [0.15, 0.2) is 0 Å². The third-order valence-electron chi connectivity index (χ3n) is 4.45. The van der Waals surface area contributed by atoms with Crippen LogP contribution in [0.2, 0.25) is 5.02 Å². The molecule has 3 heterocycles. The highest BCUT2D eigenvalue weighted by atomic mass is 35.5. The summed E-state index contributed by atoms with van der Waals surface area (Å²) in [6, 6.07) is 5.03. The summed E-state index contributed by atoms with van der Waals surface area (Å²) in [5, 5.41) is 5.45. The number of hydrogen-bond acceptors (Lipinski definition) is 4. The van der Waals surface area contributed by atoms with E-state index in [-0.39, 0.29) is 18.5 Å². The monoisotopic (exact) mass is 347 g/mol. The van der Waals surface area contributed by atoms with Gasteiger partial charge in [0.1, 0.15) is 5.54 Å². The molecule has 7 heteroatoms. The number of fused-ring (bicyclic) bond motifs is 2. The zero-order valence-corrected chi connectivity index (χ0v) is 13.8. The van der Waals surface area contributed by atoms with E-state index in [0.29, 0.717) is 17.1 Å². The summed E-state index contributed by atoms with van der Waals surface area (Å²) >= 11 is 7.47. The van der Waals surface area contributed by atoms with Crippen molar-refractivity contribution in [3.63, 3.8) is 0 Å². The van der Waals surface area contributed by atoms with Gasteiger partial charge in [-0.25, -0.2) is 4.79 Å². The standard InChI is InChI=1S/C16H14ClN3O2S/c17-10-3-4-11(18-8-10)9-20-14(21)16(19-15(20)22)6-1-2-13-12(16)5-7-23-13/h3-5,7-8H,1-2,6,9H2,(H,19,22)/t16-/m0/s1. The molecule has 2 aliphatic rings. The van der Waals surface area contributed by atoms with E-state index in [2.05, 4.69) is 10.3 Å². The summed E-state index contributed by atoms with van der Waals surface area (Å²) in [6.45, 7) is 0.156. The predicted octanol–water partition coefficient (Wildman–Crippen LogP) is 3.08. The first-order valence-corrected chi connectivity index (χ1v) is 8.67. The second kappa shape index (κ2) is 5.32. The number of thiophene rings is 1. The molecule has 118 valence electrons. The van der Waals surface area contributed by atoms with Gasteiger partial charge in [0.2, 0.25) is 0 Å². The maximum Gasteiger partial charge on any atom is 0.325 e. The lowest BCUT2D eigenvalue weighted by atomic mass is 9.80. The summed E-state index contributed by atoms with van der Waals surface area (Å²) in [4.78, 5) is 32.0. The first-order valence-electron chi connectivity index (χ1n) is 7.41. The minimum Gasteiger partial charge on any atom is -0.319 e. The van der Waals surface area contributed by atoms with Crippen molar-refractivity contribution < 1.29 is 9.59 Å². The Morgan fingerprint density at radius 3 is 3.00 bits per heavy atom. The predicted molar refractivity (Wildman–Crippen MR) is 87.3 cm³/mol. The number of aromatic nitrogens is 1. The summed E-state index contributed by atoms with van der Waals surface area (Å²) < 4.78 is 0. The van der Waals surface area contributed by atoms with Gasteiger partial charge in [-0.05, 0) is 42.8 Å². The van der Waals surface area contributed by atoms with Crippen LogP contribution in [0.15, 0.2) is 29.8 Å². The molecule has 0 saturated carbocycles. The summed E-state index contributed by atoms with van der Waals surface area (Å²) in [6.07, 6.45) is 4.03. The SMILES string of the molecule is O=C1N[C@]2(CCCc3sccc32)C(=O)N1Cc1ccc(Cl)cn1. The first-order chi connectivity index (χ1) is 11.1. The fourth-order valence-corrected chi connectivity index (χ4v) is 4.46. The fraction of sp³-hybridized carbons (Fsp3) is 0.312. The number of imide groups is 1. The molecule has 0 unspecified atom stereocenters. The molecule has 1 fully saturated rings. The largest absolute Gasteiger partial charge is 0.325 e. The molecular formula is C16H14ClN3O2S. The van der Waals surface area contributed by atoms with Crippen LogP contribution in [0.3, 0.4) is 0 Å². The van der Waals surface area contributed by atoms with E-state index in [1.807, 2.05) is 11.4 Å². The average molecular weight is 348 g/mol. The molecule has 1 N–H and O–H groups in total. The number of urea groups is 1. The average Bonchev–Trinajstić information content (AvgIpc) is 3.10. The number of hydrogen-bond donors (Lipinski definition) is 1. The molecule has 2 aromatic rings. The fourth-order valence-electron chi connectivity index (χ4n) is 3.35. The van der Waals surface area contributed by atoms with Crippen molar-refractivity contribution in [1.82, 2.24) is 15.2 Å². The highest BCUT2D eigenvalue weighted by molar-refractivity contribution is 7.10. The van der Waals surface area contributed by atoms with Gasteiger partial charge in [-0.3, -0.25) is 14.7 Å². The maximum atomic E-state index is 13.0. The van der Waals surface area contributed by atoms with Gasteiger partial charge in [0.25, 0.3) is 5.91 Å². The highest BCUT2D eigenvalue weighted by Gasteiger charge is 2.54. The number of rotatable bonds is 2. The molecule has 3 amide bonds. The van der Waals surface area contributed by atoms with Crippen molar-refractivity contribution >= 4 is 34.9 Å². The molecule has 1 atom stereocenters. The number of amides is 3. The van der Waals surface area contributed by atoms with Crippen LogP contribution < -0.4 is 5.32 Å². The smallest absolute Gasteiger partial charge is 0.319 e. The van der Waals surface area contributed by atoms with E-state index < -0.39 is 5.54 Å². The van der Waals surface area contributed by atoms with E-state index in [0.717, 1.165) is 18.4 Å². The van der Waals surface area contributed by atoms with Crippen LogP contribution >= 0.6 is 22.9 Å². The Balaban J connectivity index is 1.66. The van der Waals surface area contributed by atoms with Crippen LogP contribution in [0.5, 0.6) is 0 Å². The summed E-state index contributed by atoms with van der Waals surface area (Å²) in [5.74, 6) is -0.182. The topological polar surface area (TPSA) is 62.3 Å². The Morgan fingerprint density at radius 1 is 1.35 bits per heavy atom. The lowest BCUT2D eigenvalue weighted by molar-refractivity contribution is -0.132. The lowest BCUT2D eigenvalue weighted by Crippen LogP contribution is -2.46. The minimum absolute atomic E-state index is 0.156. The van der Waals surface area contributed by atoms with E-state index in [4.69, 9.17) is 11.6 Å². The Labute approximate surface area is 142 Å². The third-order valence-corrected chi connectivity index (χ3v) is 5.65. The van der Waals surface area contributed by atoms with Crippen molar-refractivity contribution in [3.8, 4) is 0 Å². The van der Waals surface area contributed by atoms with Crippen LogP contribution in [0.4, 0.5) is 4.79 Å². The molecule has 2 aromatic heterocycles. The third kappa shape index (κ3) is 2.24. The van der Waals surface area contributed by atoms with Gasteiger partial charge in [0, 0.05) is 16.6 Å². The van der Waals surface area contributed by atoms with Gasteiger partial charge in [0.05, 0.1) is 17.3 Å². The number of carbonyl (C=O) groups is 2. The molecule has 4 rings (SSSR count). The highest BCUT2D eigenvalue weighted by Crippen LogP contribution is 2.42. The number of carbonyl (C=O) groups excluding carboxylic acids is 2. The molecule has 1 aliphatic heterocycles. The molecule has 0 radical (unpaired) electrons. The molecule has 1 saturated heterocycles.